The van der Waals surface area contributed by atoms with Crippen molar-refractivity contribution in [1.29, 1.82) is 0 Å². The van der Waals surface area contributed by atoms with E-state index in [9.17, 15) is 0 Å². The average Bonchev–Trinajstić information content (AvgIpc) is 3.67. The van der Waals surface area contributed by atoms with Gasteiger partial charge in [-0.25, -0.2) is 0 Å². The molecule has 2 aliphatic carbocycles. The lowest BCUT2D eigenvalue weighted by Gasteiger charge is -2.31. The number of hydrogen-bond acceptors (Lipinski definition) is 0. The highest BCUT2D eigenvalue weighted by Crippen LogP contribution is 2.61. The Bertz CT molecular complexity index is 2890. The van der Waals surface area contributed by atoms with Gasteiger partial charge in [0.05, 0.1) is 0 Å². The molecule has 0 fully saturated rings. The van der Waals surface area contributed by atoms with Crippen molar-refractivity contribution in [1.82, 2.24) is 0 Å². The summed E-state index contributed by atoms with van der Waals surface area (Å²) in [4.78, 5) is 0. The summed E-state index contributed by atoms with van der Waals surface area (Å²) >= 11 is 0. The largest absolute Gasteiger partial charge is 0.0622 e. The minimum absolute atomic E-state index is 0.242. The Hall–Kier alpha value is -7.02. The summed E-state index contributed by atoms with van der Waals surface area (Å²) in [6.07, 6.45) is 4.85. The Balaban J connectivity index is 1.13. The number of hydrogen-bond donors (Lipinski definition) is 0. The maximum atomic E-state index is 2.51. The van der Waals surface area contributed by atoms with Crippen LogP contribution in [0.15, 0.2) is 194 Å². The molecule has 9 aromatic rings. The molecule has 286 valence electrons. The molecule has 9 aromatic carbocycles. The summed E-state index contributed by atoms with van der Waals surface area (Å²) in [7, 11) is 0. The monoisotopic (exact) mass is 766 g/mol. The van der Waals surface area contributed by atoms with Crippen LogP contribution < -0.4 is 0 Å². The molecule has 0 heteroatoms. The highest BCUT2D eigenvalue weighted by Gasteiger charge is 2.47. The summed E-state index contributed by atoms with van der Waals surface area (Å²) in [5, 5.41) is 5.19. The van der Waals surface area contributed by atoms with Crippen molar-refractivity contribution < 1.29 is 0 Å². The minimum atomic E-state index is -0.242. The third-order valence-corrected chi connectivity index (χ3v) is 13.4. The molecule has 0 aromatic heterocycles. The molecule has 11 rings (SSSR count). The highest BCUT2D eigenvalue weighted by molar-refractivity contribution is 6.12. The average molecular weight is 767 g/mol. The molecular formula is C60H46. The van der Waals surface area contributed by atoms with E-state index in [-0.39, 0.29) is 10.8 Å². The molecule has 0 amide bonds. The molecular weight excluding hydrogens is 721 g/mol. The van der Waals surface area contributed by atoms with Gasteiger partial charge in [-0.2, -0.15) is 0 Å². The van der Waals surface area contributed by atoms with Crippen LogP contribution in [0.3, 0.4) is 0 Å². The maximum absolute atomic E-state index is 2.51. The summed E-state index contributed by atoms with van der Waals surface area (Å²) in [5.41, 5.74) is 20.5. The van der Waals surface area contributed by atoms with E-state index in [0.29, 0.717) is 0 Å². The van der Waals surface area contributed by atoms with Gasteiger partial charge in [0.2, 0.25) is 0 Å². The fourth-order valence-corrected chi connectivity index (χ4v) is 10.6. The third kappa shape index (κ3) is 5.51. The summed E-state index contributed by atoms with van der Waals surface area (Å²) in [6.45, 7) is 9.86. The van der Waals surface area contributed by atoms with Gasteiger partial charge < -0.3 is 0 Å². The Morgan fingerprint density at radius 3 is 0.933 bits per heavy atom. The molecule has 0 atom stereocenters. The zero-order valence-corrected chi connectivity index (χ0v) is 34.6. The summed E-state index contributed by atoms with van der Waals surface area (Å²) in [6, 6.07) is 71.4. The van der Waals surface area contributed by atoms with Crippen molar-refractivity contribution in [2.75, 3.05) is 0 Å². The first kappa shape index (κ1) is 36.1. The first-order chi connectivity index (χ1) is 29.3. The van der Waals surface area contributed by atoms with Gasteiger partial charge in [-0.15, -0.1) is 0 Å². The van der Waals surface area contributed by atoms with E-state index >= 15 is 0 Å². The Morgan fingerprint density at radius 2 is 0.617 bits per heavy atom. The molecule has 60 heavy (non-hydrogen) atoms. The van der Waals surface area contributed by atoms with Gasteiger partial charge >= 0.3 is 0 Å². The second kappa shape index (κ2) is 13.8. The Kier molecular flexibility index (Phi) is 8.29. The third-order valence-electron chi connectivity index (χ3n) is 13.4. The number of rotatable bonds is 6. The van der Waals surface area contributed by atoms with Crippen LogP contribution in [0.1, 0.15) is 83.3 Å². The van der Waals surface area contributed by atoms with E-state index in [1.54, 1.807) is 0 Å². The van der Waals surface area contributed by atoms with Crippen LogP contribution in [0.5, 0.6) is 0 Å². The van der Waals surface area contributed by atoms with E-state index in [2.05, 4.69) is 234 Å². The number of benzene rings is 9. The lowest BCUT2D eigenvalue weighted by molar-refractivity contribution is 0.601. The molecule has 0 N–H and O–H groups in total. The molecule has 0 aliphatic heterocycles. The standard InChI is InChI=1S/C60H46/c1-59(2)53-37-43(35-51(39-21-9-5-10-22-39)40-23-11-6-12-24-40)45-29-17-19-31-47(45)55(53)49-33-34-50-56-48-32-20-18-30-46(48)44(38-54(56)60(3,4)58(50)57(49)59)36-52(41-25-13-7-14-26-41)42-27-15-8-16-28-42/h5-38H,1-4H3. The second-order valence-corrected chi connectivity index (χ2v) is 17.6. The van der Waals surface area contributed by atoms with Crippen LogP contribution >= 0.6 is 0 Å². The van der Waals surface area contributed by atoms with Gasteiger partial charge in [0.15, 0.2) is 0 Å². The normalized spacial score (nSPS) is 13.9. The van der Waals surface area contributed by atoms with Gasteiger partial charge in [0.25, 0.3) is 0 Å². The molecule has 0 saturated heterocycles. The van der Waals surface area contributed by atoms with Crippen molar-refractivity contribution in [2.24, 2.45) is 0 Å². The summed E-state index contributed by atoms with van der Waals surface area (Å²) in [5.74, 6) is 0. The minimum Gasteiger partial charge on any atom is -0.0622 e. The molecule has 2 aliphatic rings. The van der Waals surface area contributed by atoms with Crippen molar-refractivity contribution in [2.45, 2.75) is 38.5 Å². The highest BCUT2D eigenvalue weighted by atomic mass is 14.5. The number of fused-ring (bicyclic) bond motifs is 11. The molecule has 0 bridgehead atoms. The lowest BCUT2D eigenvalue weighted by atomic mass is 9.72. The Labute approximate surface area is 353 Å². The van der Waals surface area contributed by atoms with Crippen LogP contribution in [0.4, 0.5) is 0 Å². The first-order valence-electron chi connectivity index (χ1n) is 21.3. The topological polar surface area (TPSA) is 0 Å². The Morgan fingerprint density at radius 1 is 0.333 bits per heavy atom. The van der Waals surface area contributed by atoms with Crippen LogP contribution in [0.2, 0.25) is 0 Å². The van der Waals surface area contributed by atoms with E-state index in [1.807, 2.05) is 0 Å². The second-order valence-electron chi connectivity index (χ2n) is 17.6. The quantitative estimate of drug-likeness (QED) is 0.148. The fourth-order valence-electron chi connectivity index (χ4n) is 10.6. The predicted octanol–water partition coefficient (Wildman–Crippen LogP) is 15.8. The van der Waals surface area contributed by atoms with E-state index in [0.717, 1.165) is 0 Å². The van der Waals surface area contributed by atoms with E-state index < -0.39 is 0 Å². The molecule has 0 heterocycles. The van der Waals surface area contributed by atoms with E-state index in [1.165, 1.54) is 111 Å². The molecule has 0 spiro atoms. The van der Waals surface area contributed by atoms with Gasteiger partial charge in [-0.3, -0.25) is 0 Å². The first-order valence-corrected chi connectivity index (χ1v) is 21.3. The van der Waals surface area contributed by atoms with Gasteiger partial charge in [0, 0.05) is 10.8 Å². The van der Waals surface area contributed by atoms with Crippen LogP contribution in [-0.2, 0) is 10.8 Å². The molecule has 0 saturated carbocycles. The van der Waals surface area contributed by atoms with Crippen LogP contribution in [0, 0.1) is 0 Å². The van der Waals surface area contributed by atoms with Gasteiger partial charge in [-0.1, -0.05) is 210 Å². The van der Waals surface area contributed by atoms with Crippen molar-refractivity contribution >= 4 is 44.8 Å². The van der Waals surface area contributed by atoms with Crippen molar-refractivity contribution in [3.8, 4) is 22.3 Å². The van der Waals surface area contributed by atoms with Gasteiger partial charge in [-0.05, 0) is 135 Å². The zero-order valence-electron chi connectivity index (χ0n) is 34.6. The summed E-state index contributed by atoms with van der Waals surface area (Å²) < 4.78 is 0. The zero-order chi connectivity index (χ0) is 40.6. The van der Waals surface area contributed by atoms with Crippen molar-refractivity contribution in [3.63, 3.8) is 0 Å². The van der Waals surface area contributed by atoms with Gasteiger partial charge in [0.1, 0.15) is 0 Å². The lowest BCUT2D eigenvalue weighted by Crippen LogP contribution is -2.24. The van der Waals surface area contributed by atoms with Crippen LogP contribution in [-0.4, -0.2) is 0 Å². The van der Waals surface area contributed by atoms with Crippen molar-refractivity contribution in [3.05, 3.63) is 250 Å². The van der Waals surface area contributed by atoms with E-state index in [4.69, 9.17) is 0 Å². The smallest absolute Gasteiger partial charge is 0.0162 e. The molecule has 0 unspecified atom stereocenters. The fraction of sp³-hybridized carbons (Fsp3) is 0.100. The maximum Gasteiger partial charge on any atom is 0.0162 e. The molecule has 0 radical (unpaired) electrons. The SMILES string of the molecule is CC1(C)c2cc(C=C(c3ccccc3)c3ccccc3)c3ccccc3c2-c2ccc3c(c21)C(C)(C)c1cc(C=C(c2ccccc2)c2ccccc2)c2ccccc2c1-3. The molecule has 0 nitrogen and oxygen atoms in total. The van der Waals surface area contributed by atoms with Crippen LogP contribution in [0.25, 0.3) is 67.1 Å². The predicted molar refractivity (Wildman–Crippen MR) is 256 cm³/mol.